The van der Waals surface area contributed by atoms with E-state index in [0.29, 0.717) is 5.56 Å². The number of nitrogens with one attached hydrogen (secondary N) is 2. The zero-order valence-corrected chi connectivity index (χ0v) is 14.2. The smallest absolute Gasteiger partial charge is 0.262 e. The number of aryl methyl sites for hydroxylation is 1. The van der Waals surface area contributed by atoms with E-state index in [-0.39, 0.29) is 5.91 Å². The molecule has 1 atom stereocenters. The third-order valence-corrected chi connectivity index (χ3v) is 4.48. The number of piperidine rings is 1. The first kappa shape index (κ1) is 16.9. The van der Waals surface area contributed by atoms with Crippen molar-refractivity contribution in [3.05, 3.63) is 35.4 Å². The maximum Gasteiger partial charge on any atom is 0.262 e. The third-order valence-electron chi connectivity index (χ3n) is 3.82. The van der Waals surface area contributed by atoms with Crippen LogP contribution in [0.25, 0.3) is 0 Å². The van der Waals surface area contributed by atoms with E-state index < -0.39 is 9.96 Å². The first-order valence-electron chi connectivity index (χ1n) is 7.17. The third kappa shape index (κ3) is 4.75. The van der Waals surface area contributed by atoms with Crippen molar-refractivity contribution in [2.45, 2.75) is 36.1 Å². The zero-order valence-electron chi connectivity index (χ0n) is 12.0. The molecule has 0 bridgehead atoms. The number of hydrogen-bond acceptors (Lipinski definition) is 1. The second-order valence-corrected chi connectivity index (χ2v) is 7.90. The van der Waals surface area contributed by atoms with Gasteiger partial charge in [-0.05, 0) is 38.3 Å². The van der Waals surface area contributed by atoms with Crippen molar-refractivity contribution >= 4 is 40.7 Å². The lowest BCUT2D eigenvalue weighted by atomic mass is 10.1. The van der Waals surface area contributed by atoms with Crippen LogP contribution in [0.15, 0.2) is 24.3 Å². The molecule has 0 radical (unpaired) electrons. The molecular formula is C15H20Cl3N2O+. The summed E-state index contributed by atoms with van der Waals surface area (Å²) in [6, 6.07) is 7.36. The Morgan fingerprint density at radius 2 is 1.71 bits per heavy atom. The highest BCUT2D eigenvalue weighted by Gasteiger charge is 2.42. The molecule has 1 amide bonds. The van der Waals surface area contributed by atoms with Crippen LogP contribution in [-0.2, 0) is 0 Å². The summed E-state index contributed by atoms with van der Waals surface area (Å²) in [4.78, 5) is 13.5. The predicted octanol–water partition coefficient (Wildman–Crippen LogP) is 2.49. The molecule has 1 aliphatic heterocycles. The number of hydrogen-bond donors (Lipinski definition) is 2. The molecule has 0 aliphatic carbocycles. The number of halogens is 3. The summed E-state index contributed by atoms with van der Waals surface area (Å²) in [7, 11) is 0. The Bertz CT molecular complexity index is 479. The van der Waals surface area contributed by atoms with E-state index in [4.69, 9.17) is 34.8 Å². The monoisotopic (exact) mass is 349 g/mol. The Morgan fingerprint density at radius 1 is 1.14 bits per heavy atom. The molecule has 21 heavy (non-hydrogen) atoms. The van der Waals surface area contributed by atoms with Crippen LogP contribution in [-0.4, -0.2) is 29.0 Å². The van der Waals surface area contributed by atoms with Crippen LogP contribution < -0.4 is 10.2 Å². The average molecular weight is 351 g/mol. The largest absolute Gasteiger partial charge is 0.312 e. The number of rotatable bonds is 3. The van der Waals surface area contributed by atoms with Gasteiger partial charge in [-0.1, -0.05) is 52.5 Å². The summed E-state index contributed by atoms with van der Waals surface area (Å²) in [5.41, 5.74) is 1.68. The van der Waals surface area contributed by atoms with E-state index in [2.05, 4.69) is 5.32 Å². The van der Waals surface area contributed by atoms with Gasteiger partial charge in [-0.2, -0.15) is 0 Å². The topological polar surface area (TPSA) is 33.5 Å². The highest BCUT2D eigenvalue weighted by Crippen LogP contribution is 2.28. The first-order chi connectivity index (χ1) is 9.88. The van der Waals surface area contributed by atoms with Crippen molar-refractivity contribution < 1.29 is 9.69 Å². The quantitative estimate of drug-likeness (QED) is 0.807. The molecule has 1 heterocycles. The minimum atomic E-state index is -1.52. The normalized spacial score (nSPS) is 18.3. The van der Waals surface area contributed by atoms with Gasteiger partial charge in [-0.25, -0.2) is 0 Å². The van der Waals surface area contributed by atoms with Crippen LogP contribution in [0.3, 0.4) is 0 Å². The van der Waals surface area contributed by atoms with Gasteiger partial charge in [-0.15, -0.1) is 0 Å². The maximum absolute atomic E-state index is 12.4. The van der Waals surface area contributed by atoms with Crippen molar-refractivity contribution in [2.24, 2.45) is 0 Å². The molecule has 0 saturated carbocycles. The molecule has 3 nitrogen and oxygen atoms in total. The van der Waals surface area contributed by atoms with Gasteiger partial charge in [0.1, 0.15) is 0 Å². The molecule has 2 rings (SSSR count). The summed E-state index contributed by atoms with van der Waals surface area (Å²) < 4.78 is -1.52. The Balaban J connectivity index is 2.10. The lowest BCUT2D eigenvalue weighted by molar-refractivity contribution is -0.931. The fourth-order valence-corrected chi connectivity index (χ4v) is 3.26. The van der Waals surface area contributed by atoms with E-state index in [0.717, 1.165) is 36.4 Å². The zero-order chi connectivity index (χ0) is 15.5. The van der Waals surface area contributed by atoms with Gasteiger partial charge in [-0.3, -0.25) is 10.1 Å². The lowest BCUT2D eigenvalue weighted by Gasteiger charge is -2.35. The fraction of sp³-hybridized carbons (Fsp3) is 0.533. The van der Waals surface area contributed by atoms with Crippen LogP contribution in [0.4, 0.5) is 0 Å². The maximum atomic E-state index is 12.4. The van der Waals surface area contributed by atoms with Crippen molar-refractivity contribution in [3.8, 4) is 0 Å². The highest BCUT2D eigenvalue weighted by atomic mass is 35.6. The molecular weight excluding hydrogens is 331 g/mol. The Hall–Kier alpha value is -0.480. The van der Waals surface area contributed by atoms with Crippen molar-refractivity contribution in [2.75, 3.05) is 13.1 Å². The lowest BCUT2D eigenvalue weighted by Crippen LogP contribution is -3.20. The number of alkyl halides is 3. The molecule has 1 aliphatic rings. The standard InChI is InChI=1S/C15H19Cl3N2O/c1-11-5-7-12(8-6-11)13(21)19-14(15(16,17)18)20-9-3-2-4-10-20/h5-8,14H,2-4,9-10H2,1H3,(H,19,21)/p+1. The molecule has 0 aromatic heterocycles. The number of likely N-dealkylation sites (tertiary alicyclic amines) is 1. The Morgan fingerprint density at radius 3 is 2.24 bits per heavy atom. The minimum Gasteiger partial charge on any atom is -0.312 e. The summed E-state index contributed by atoms with van der Waals surface area (Å²) in [6.45, 7) is 3.79. The van der Waals surface area contributed by atoms with Crippen LogP contribution >= 0.6 is 34.8 Å². The molecule has 116 valence electrons. The first-order valence-corrected chi connectivity index (χ1v) is 8.30. The summed E-state index contributed by atoms with van der Waals surface area (Å²) >= 11 is 18.3. The second kappa shape index (κ2) is 7.19. The van der Waals surface area contributed by atoms with Gasteiger partial charge >= 0.3 is 0 Å². The Labute approximate surface area is 140 Å². The van der Waals surface area contributed by atoms with Crippen LogP contribution in [0.2, 0.25) is 0 Å². The summed E-state index contributed by atoms with van der Waals surface area (Å²) in [6.07, 6.45) is 2.85. The Kier molecular flexibility index (Phi) is 5.78. The summed E-state index contributed by atoms with van der Waals surface area (Å²) in [5, 5.41) is 2.89. The fourth-order valence-electron chi connectivity index (χ4n) is 2.63. The van der Waals surface area contributed by atoms with Gasteiger partial charge in [0.05, 0.1) is 13.1 Å². The molecule has 1 aromatic rings. The van der Waals surface area contributed by atoms with Crippen LogP contribution in [0, 0.1) is 6.92 Å². The van der Waals surface area contributed by atoms with Crippen molar-refractivity contribution in [1.82, 2.24) is 5.32 Å². The van der Waals surface area contributed by atoms with Crippen LogP contribution in [0.5, 0.6) is 0 Å². The van der Waals surface area contributed by atoms with Crippen LogP contribution in [0.1, 0.15) is 35.2 Å². The highest BCUT2D eigenvalue weighted by molar-refractivity contribution is 6.68. The molecule has 6 heteroatoms. The van der Waals surface area contributed by atoms with Crippen molar-refractivity contribution in [3.63, 3.8) is 0 Å². The average Bonchev–Trinajstić information content (AvgIpc) is 2.45. The van der Waals surface area contributed by atoms with E-state index in [1.807, 2.05) is 19.1 Å². The van der Waals surface area contributed by atoms with Crippen molar-refractivity contribution in [1.29, 1.82) is 0 Å². The predicted molar refractivity (Wildman–Crippen MR) is 87.3 cm³/mol. The van der Waals surface area contributed by atoms with E-state index in [1.54, 1.807) is 12.1 Å². The van der Waals surface area contributed by atoms with Gasteiger partial charge in [0.25, 0.3) is 9.70 Å². The van der Waals surface area contributed by atoms with E-state index in [1.165, 1.54) is 6.42 Å². The molecule has 1 aromatic carbocycles. The summed E-state index contributed by atoms with van der Waals surface area (Å²) in [5.74, 6) is -0.204. The molecule has 1 unspecified atom stereocenters. The van der Waals surface area contributed by atoms with Gasteiger partial charge in [0.15, 0.2) is 0 Å². The number of benzene rings is 1. The molecule has 2 N–H and O–H groups in total. The number of carbonyl (C=O) groups is 1. The molecule has 1 fully saturated rings. The van der Waals surface area contributed by atoms with E-state index in [9.17, 15) is 4.79 Å². The SMILES string of the molecule is Cc1ccc(C(=O)NC([NH+]2CCCCC2)C(Cl)(Cl)Cl)cc1. The van der Waals surface area contributed by atoms with Gasteiger partial charge in [0.2, 0.25) is 6.17 Å². The molecule has 0 spiro atoms. The second-order valence-electron chi connectivity index (χ2n) is 5.53. The van der Waals surface area contributed by atoms with E-state index >= 15 is 0 Å². The van der Waals surface area contributed by atoms with Gasteiger partial charge < -0.3 is 4.90 Å². The van der Waals surface area contributed by atoms with Gasteiger partial charge in [0, 0.05) is 5.56 Å². The molecule has 1 saturated heterocycles. The number of quaternary nitrogens is 1. The minimum absolute atomic E-state index is 0.204. The number of amides is 1. The number of carbonyl (C=O) groups excluding carboxylic acids is 1.